The molecule has 0 aliphatic heterocycles. The first-order valence-corrected chi connectivity index (χ1v) is 6.37. The van der Waals surface area contributed by atoms with Crippen molar-refractivity contribution in [3.63, 3.8) is 0 Å². The molecule has 2 heteroatoms. The predicted molar refractivity (Wildman–Crippen MR) is 73.4 cm³/mol. The van der Waals surface area contributed by atoms with Crippen molar-refractivity contribution in [2.45, 2.75) is 26.4 Å². The van der Waals surface area contributed by atoms with Crippen molar-refractivity contribution in [3.8, 4) is 0 Å². The van der Waals surface area contributed by atoms with E-state index >= 15 is 0 Å². The molecule has 94 valence electrons. The minimum absolute atomic E-state index is 0.705. The molecule has 0 fully saturated rings. The number of rotatable bonds is 6. The Kier molecular flexibility index (Phi) is 4.91. The van der Waals surface area contributed by atoms with Crippen LogP contribution < -0.4 is 0 Å². The fourth-order valence-electron chi connectivity index (χ4n) is 1.80. The van der Waals surface area contributed by atoms with Gasteiger partial charge >= 0.3 is 0 Å². The highest BCUT2D eigenvalue weighted by atomic mass is 16.5. The predicted octanol–water partition coefficient (Wildman–Crippen LogP) is 3.54. The van der Waals surface area contributed by atoms with Gasteiger partial charge in [-0.05, 0) is 43.0 Å². The molecular formula is C16H19NO. The van der Waals surface area contributed by atoms with E-state index in [1.165, 1.54) is 16.7 Å². The second-order valence-corrected chi connectivity index (χ2v) is 4.50. The van der Waals surface area contributed by atoms with Crippen molar-refractivity contribution in [2.24, 2.45) is 0 Å². The lowest BCUT2D eigenvalue weighted by Gasteiger charge is -2.05. The first kappa shape index (κ1) is 12.8. The van der Waals surface area contributed by atoms with Gasteiger partial charge in [-0.3, -0.25) is 4.98 Å². The first-order chi connectivity index (χ1) is 8.84. The SMILES string of the molecule is Cc1ccc(COCCCc2ccncc2)cc1. The molecule has 0 unspecified atom stereocenters. The van der Waals surface area contributed by atoms with Crippen LogP contribution in [0, 0.1) is 6.92 Å². The molecular weight excluding hydrogens is 222 g/mol. The number of aryl methyl sites for hydroxylation is 2. The summed E-state index contributed by atoms with van der Waals surface area (Å²) in [6.45, 7) is 3.60. The largest absolute Gasteiger partial charge is 0.377 e. The Morgan fingerprint density at radius 1 is 0.944 bits per heavy atom. The van der Waals surface area contributed by atoms with Gasteiger partial charge in [-0.15, -0.1) is 0 Å². The van der Waals surface area contributed by atoms with Gasteiger partial charge in [0, 0.05) is 19.0 Å². The molecule has 2 aromatic rings. The fourth-order valence-corrected chi connectivity index (χ4v) is 1.80. The summed E-state index contributed by atoms with van der Waals surface area (Å²) >= 11 is 0. The van der Waals surface area contributed by atoms with Crippen molar-refractivity contribution in [2.75, 3.05) is 6.61 Å². The van der Waals surface area contributed by atoms with Crippen LogP contribution in [0.2, 0.25) is 0 Å². The highest BCUT2D eigenvalue weighted by molar-refractivity contribution is 5.20. The van der Waals surface area contributed by atoms with Crippen molar-refractivity contribution in [1.29, 1.82) is 0 Å². The molecule has 0 aliphatic carbocycles. The number of pyridine rings is 1. The quantitative estimate of drug-likeness (QED) is 0.722. The third-order valence-electron chi connectivity index (χ3n) is 2.89. The molecule has 1 aromatic heterocycles. The van der Waals surface area contributed by atoms with Crippen LogP contribution in [0.1, 0.15) is 23.1 Å². The van der Waals surface area contributed by atoms with Gasteiger partial charge in [-0.2, -0.15) is 0 Å². The number of hydrogen-bond acceptors (Lipinski definition) is 2. The molecule has 0 saturated carbocycles. The average molecular weight is 241 g/mol. The molecule has 18 heavy (non-hydrogen) atoms. The van der Waals surface area contributed by atoms with Crippen LogP contribution in [0.15, 0.2) is 48.8 Å². The van der Waals surface area contributed by atoms with Crippen LogP contribution in [0.5, 0.6) is 0 Å². The number of hydrogen-bond donors (Lipinski definition) is 0. The zero-order valence-electron chi connectivity index (χ0n) is 10.8. The summed E-state index contributed by atoms with van der Waals surface area (Å²) in [6, 6.07) is 12.6. The maximum atomic E-state index is 5.67. The summed E-state index contributed by atoms with van der Waals surface area (Å²) in [4.78, 5) is 4.01. The topological polar surface area (TPSA) is 22.1 Å². The van der Waals surface area contributed by atoms with E-state index < -0.39 is 0 Å². The standard InChI is InChI=1S/C16H19NO/c1-14-4-6-16(7-5-14)13-18-12-2-3-15-8-10-17-11-9-15/h4-11H,2-3,12-13H2,1H3. The average Bonchev–Trinajstić information content (AvgIpc) is 2.42. The minimum atomic E-state index is 0.705. The first-order valence-electron chi connectivity index (χ1n) is 6.37. The highest BCUT2D eigenvalue weighted by Gasteiger charge is 1.95. The molecule has 0 bridgehead atoms. The van der Waals surface area contributed by atoms with E-state index in [1.807, 2.05) is 12.4 Å². The number of benzene rings is 1. The lowest BCUT2D eigenvalue weighted by atomic mass is 10.1. The van der Waals surface area contributed by atoms with E-state index in [2.05, 4.69) is 48.3 Å². The summed E-state index contributed by atoms with van der Waals surface area (Å²) in [5.41, 5.74) is 3.85. The Bertz CT molecular complexity index is 450. The monoisotopic (exact) mass is 241 g/mol. The molecule has 2 rings (SSSR count). The summed E-state index contributed by atoms with van der Waals surface area (Å²) in [5.74, 6) is 0. The number of aromatic nitrogens is 1. The van der Waals surface area contributed by atoms with Gasteiger partial charge in [0.2, 0.25) is 0 Å². The van der Waals surface area contributed by atoms with Crippen LogP contribution in [-0.2, 0) is 17.8 Å². The van der Waals surface area contributed by atoms with Gasteiger partial charge in [0.25, 0.3) is 0 Å². The van der Waals surface area contributed by atoms with Gasteiger partial charge in [0.15, 0.2) is 0 Å². The van der Waals surface area contributed by atoms with E-state index in [4.69, 9.17) is 4.74 Å². The van der Waals surface area contributed by atoms with Crippen LogP contribution in [0.25, 0.3) is 0 Å². The highest BCUT2D eigenvalue weighted by Crippen LogP contribution is 2.06. The van der Waals surface area contributed by atoms with E-state index in [-0.39, 0.29) is 0 Å². The van der Waals surface area contributed by atoms with Gasteiger partial charge in [-0.1, -0.05) is 29.8 Å². The molecule has 0 atom stereocenters. The third-order valence-corrected chi connectivity index (χ3v) is 2.89. The Hall–Kier alpha value is -1.67. The zero-order chi connectivity index (χ0) is 12.6. The molecule has 0 saturated heterocycles. The van der Waals surface area contributed by atoms with Gasteiger partial charge < -0.3 is 4.74 Å². The molecule has 0 radical (unpaired) electrons. The molecule has 1 heterocycles. The summed E-state index contributed by atoms with van der Waals surface area (Å²) < 4.78 is 5.67. The smallest absolute Gasteiger partial charge is 0.0716 e. The molecule has 0 spiro atoms. The van der Waals surface area contributed by atoms with E-state index in [9.17, 15) is 0 Å². The molecule has 0 N–H and O–H groups in total. The Balaban J connectivity index is 1.63. The molecule has 0 amide bonds. The molecule has 0 aliphatic rings. The van der Waals surface area contributed by atoms with Crippen LogP contribution in [0.3, 0.4) is 0 Å². The fraction of sp³-hybridized carbons (Fsp3) is 0.312. The van der Waals surface area contributed by atoms with Crippen molar-refractivity contribution >= 4 is 0 Å². The summed E-state index contributed by atoms with van der Waals surface area (Å²) in [7, 11) is 0. The molecule has 2 nitrogen and oxygen atoms in total. The van der Waals surface area contributed by atoms with Crippen LogP contribution in [-0.4, -0.2) is 11.6 Å². The van der Waals surface area contributed by atoms with Gasteiger partial charge in [0.1, 0.15) is 0 Å². The van der Waals surface area contributed by atoms with Crippen molar-refractivity contribution in [1.82, 2.24) is 4.98 Å². The summed E-state index contributed by atoms with van der Waals surface area (Å²) in [6.07, 6.45) is 5.78. The van der Waals surface area contributed by atoms with Crippen LogP contribution in [0.4, 0.5) is 0 Å². The van der Waals surface area contributed by atoms with Gasteiger partial charge in [-0.25, -0.2) is 0 Å². The zero-order valence-corrected chi connectivity index (χ0v) is 10.8. The Labute approximate surface area is 109 Å². The second kappa shape index (κ2) is 6.92. The van der Waals surface area contributed by atoms with Crippen LogP contribution >= 0.6 is 0 Å². The Morgan fingerprint density at radius 3 is 2.39 bits per heavy atom. The minimum Gasteiger partial charge on any atom is -0.377 e. The van der Waals surface area contributed by atoms with E-state index in [0.29, 0.717) is 6.61 Å². The third kappa shape index (κ3) is 4.30. The Morgan fingerprint density at radius 2 is 1.67 bits per heavy atom. The summed E-state index contributed by atoms with van der Waals surface area (Å²) in [5, 5.41) is 0. The maximum Gasteiger partial charge on any atom is 0.0716 e. The second-order valence-electron chi connectivity index (χ2n) is 4.50. The normalized spacial score (nSPS) is 10.5. The maximum absolute atomic E-state index is 5.67. The molecule has 1 aromatic carbocycles. The number of ether oxygens (including phenoxy) is 1. The lowest BCUT2D eigenvalue weighted by molar-refractivity contribution is 0.118. The van der Waals surface area contributed by atoms with Crippen molar-refractivity contribution < 1.29 is 4.74 Å². The van der Waals surface area contributed by atoms with Crippen molar-refractivity contribution in [3.05, 3.63) is 65.5 Å². The van der Waals surface area contributed by atoms with E-state index in [1.54, 1.807) is 0 Å². The lowest BCUT2D eigenvalue weighted by Crippen LogP contribution is -1.97. The number of nitrogens with zero attached hydrogens (tertiary/aromatic N) is 1. The van der Waals surface area contributed by atoms with Gasteiger partial charge in [0.05, 0.1) is 6.61 Å². The van der Waals surface area contributed by atoms with E-state index in [0.717, 1.165) is 19.4 Å².